The van der Waals surface area contributed by atoms with Crippen LogP contribution in [0.25, 0.3) is 0 Å². The third-order valence-electron chi connectivity index (χ3n) is 3.04. The van der Waals surface area contributed by atoms with Crippen LogP contribution >= 0.6 is 11.6 Å². The van der Waals surface area contributed by atoms with Gasteiger partial charge in [0, 0.05) is 22.9 Å². The Morgan fingerprint density at radius 1 is 1.29 bits per heavy atom. The minimum absolute atomic E-state index is 0.00438. The maximum absolute atomic E-state index is 13.9. The zero-order valence-corrected chi connectivity index (χ0v) is 12.4. The second-order valence-corrected chi connectivity index (χ2v) is 5.11. The van der Waals surface area contributed by atoms with Crippen molar-refractivity contribution in [3.8, 4) is 0 Å². The minimum atomic E-state index is -0.627. The van der Waals surface area contributed by atoms with E-state index in [1.807, 2.05) is 6.92 Å². The Morgan fingerprint density at radius 2 is 2.05 bits per heavy atom. The lowest BCUT2D eigenvalue weighted by atomic mass is 10.1. The second kappa shape index (κ2) is 6.59. The van der Waals surface area contributed by atoms with E-state index in [2.05, 4.69) is 0 Å². The molecule has 2 aromatic rings. The van der Waals surface area contributed by atoms with E-state index < -0.39 is 11.7 Å². The van der Waals surface area contributed by atoms with Crippen molar-refractivity contribution >= 4 is 28.9 Å². The first kappa shape index (κ1) is 15.3. The van der Waals surface area contributed by atoms with Gasteiger partial charge in [0.1, 0.15) is 5.82 Å². The molecule has 2 rings (SSSR count). The fraction of sp³-hybridized carbons (Fsp3) is 0.188. The van der Waals surface area contributed by atoms with Gasteiger partial charge >= 0.3 is 0 Å². The molecule has 0 aliphatic rings. The molecule has 0 radical (unpaired) electrons. The van der Waals surface area contributed by atoms with E-state index >= 15 is 0 Å². The van der Waals surface area contributed by atoms with Crippen molar-refractivity contribution in [2.45, 2.75) is 13.3 Å². The summed E-state index contributed by atoms with van der Waals surface area (Å²) in [4.78, 5) is 14.1. The minimum Gasteiger partial charge on any atom is -0.399 e. The molecule has 0 aliphatic carbocycles. The molecule has 5 heteroatoms. The average Bonchev–Trinajstić information content (AvgIpc) is 2.44. The normalized spacial score (nSPS) is 10.4. The van der Waals surface area contributed by atoms with Crippen LogP contribution in [-0.2, 0) is 0 Å². The van der Waals surface area contributed by atoms with Crippen LogP contribution in [0.4, 0.5) is 15.8 Å². The van der Waals surface area contributed by atoms with Crippen molar-refractivity contribution in [2.75, 3.05) is 17.2 Å². The molecule has 1 amide bonds. The highest BCUT2D eigenvalue weighted by Gasteiger charge is 2.20. The van der Waals surface area contributed by atoms with Crippen LogP contribution in [0.3, 0.4) is 0 Å². The smallest absolute Gasteiger partial charge is 0.261 e. The standard InChI is InChI=1S/C16H16ClFN2O/c1-2-8-20(13-5-3-4-12(19)10-13)16(21)14-7-6-11(17)9-15(14)18/h3-7,9-10H,2,8,19H2,1H3. The highest BCUT2D eigenvalue weighted by molar-refractivity contribution is 6.30. The number of amides is 1. The molecule has 2 N–H and O–H groups in total. The van der Waals surface area contributed by atoms with Gasteiger partial charge in [0.2, 0.25) is 0 Å². The molecule has 2 aromatic carbocycles. The fourth-order valence-corrected chi connectivity index (χ4v) is 2.23. The summed E-state index contributed by atoms with van der Waals surface area (Å²) in [6.45, 7) is 2.43. The molecule has 0 heterocycles. The largest absolute Gasteiger partial charge is 0.399 e. The van der Waals surface area contributed by atoms with Gasteiger partial charge in [-0.15, -0.1) is 0 Å². The second-order valence-electron chi connectivity index (χ2n) is 4.68. The molecular weight excluding hydrogens is 291 g/mol. The van der Waals surface area contributed by atoms with Crippen LogP contribution in [0.2, 0.25) is 5.02 Å². The number of carbonyl (C=O) groups excluding carboxylic acids is 1. The van der Waals surface area contributed by atoms with E-state index in [4.69, 9.17) is 17.3 Å². The van der Waals surface area contributed by atoms with Gasteiger partial charge < -0.3 is 10.6 Å². The van der Waals surface area contributed by atoms with Crippen LogP contribution in [-0.4, -0.2) is 12.5 Å². The number of nitrogens with two attached hydrogens (primary N) is 1. The lowest BCUT2D eigenvalue weighted by molar-refractivity contribution is 0.0983. The summed E-state index contributed by atoms with van der Waals surface area (Å²) in [7, 11) is 0. The summed E-state index contributed by atoms with van der Waals surface area (Å²) in [6.07, 6.45) is 0.746. The molecule has 0 bridgehead atoms. The summed E-state index contributed by atoms with van der Waals surface area (Å²) in [5.41, 5.74) is 6.95. The van der Waals surface area contributed by atoms with Gasteiger partial charge in [0.05, 0.1) is 5.56 Å². The van der Waals surface area contributed by atoms with Crippen molar-refractivity contribution in [3.63, 3.8) is 0 Å². The van der Waals surface area contributed by atoms with Gasteiger partial charge in [-0.1, -0.05) is 24.6 Å². The van der Waals surface area contributed by atoms with Crippen LogP contribution < -0.4 is 10.6 Å². The topological polar surface area (TPSA) is 46.3 Å². The van der Waals surface area contributed by atoms with Crippen molar-refractivity contribution < 1.29 is 9.18 Å². The van der Waals surface area contributed by atoms with Crippen molar-refractivity contribution in [1.29, 1.82) is 0 Å². The summed E-state index contributed by atoms with van der Waals surface area (Å²) >= 11 is 5.72. The average molecular weight is 307 g/mol. The summed E-state index contributed by atoms with van der Waals surface area (Å²) in [6, 6.07) is 11.0. The molecule has 0 fully saturated rings. The third kappa shape index (κ3) is 3.52. The Hall–Kier alpha value is -2.07. The van der Waals surface area contributed by atoms with Crippen molar-refractivity contribution in [2.24, 2.45) is 0 Å². The van der Waals surface area contributed by atoms with Crippen LogP contribution in [0.15, 0.2) is 42.5 Å². The monoisotopic (exact) mass is 306 g/mol. The van der Waals surface area contributed by atoms with Crippen LogP contribution in [0.5, 0.6) is 0 Å². The number of halogens is 2. The molecular formula is C16H16ClFN2O. The molecule has 3 nitrogen and oxygen atoms in total. The maximum Gasteiger partial charge on any atom is 0.261 e. The first-order valence-corrected chi connectivity index (χ1v) is 7.03. The Labute approximate surface area is 128 Å². The quantitative estimate of drug-likeness (QED) is 0.864. The predicted molar refractivity (Wildman–Crippen MR) is 84.2 cm³/mol. The summed E-state index contributed by atoms with van der Waals surface area (Å²) in [5, 5.41) is 0.259. The van der Waals surface area contributed by atoms with Crippen LogP contribution in [0, 0.1) is 5.82 Å². The van der Waals surface area contributed by atoms with Gasteiger partial charge in [-0.2, -0.15) is 0 Å². The lowest BCUT2D eigenvalue weighted by Gasteiger charge is -2.23. The molecule has 21 heavy (non-hydrogen) atoms. The zero-order chi connectivity index (χ0) is 15.4. The van der Waals surface area contributed by atoms with Crippen molar-refractivity contribution in [3.05, 3.63) is 58.9 Å². The number of hydrogen-bond donors (Lipinski definition) is 1. The van der Waals surface area contributed by atoms with Crippen LogP contribution in [0.1, 0.15) is 23.7 Å². The summed E-state index contributed by atoms with van der Waals surface area (Å²) in [5.74, 6) is -1.03. The number of nitrogen functional groups attached to an aromatic ring is 1. The van der Waals surface area contributed by atoms with Gasteiger partial charge in [0.15, 0.2) is 0 Å². The van der Waals surface area contributed by atoms with Gasteiger partial charge in [0.25, 0.3) is 5.91 Å². The number of benzene rings is 2. The third-order valence-corrected chi connectivity index (χ3v) is 3.27. The highest BCUT2D eigenvalue weighted by atomic mass is 35.5. The Kier molecular flexibility index (Phi) is 4.81. The first-order chi connectivity index (χ1) is 10.0. The maximum atomic E-state index is 13.9. The molecule has 110 valence electrons. The molecule has 0 unspecified atom stereocenters. The molecule has 0 saturated heterocycles. The van der Waals surface area contributed by atoms with E-state index in [0.717, 1.165) is 12.5 Å². The SMILES string of the molecule is CCCN(C(=O)c1ccc(Cl)cc1F)c1cccc(N)c1. The predicted octanol–water partition coefficient (Wildman–Crippen LogP) is 4.12. The molecule has 0 spiro atoms. The Balaban J connectivity index is 2.40. The number of carbonyl (C=O) groups is 1. The Morgan fingerprint density at radius 3 is 2.67 bits per heavy atom. The highest BCUT2D eigenvalue weighted by Crippen LogP contribution is 2.22. The molecule has 0 aliphatic heterocycles. The molecule has 0 aromatic heterocycles. The molecule has 0 atom stereocenters. The van der Waals surface area contributed by atoms with Gasteiger partial charge in [-0.05, 0) is 42.8 Å². The number of anilines is 2. The number of rotatable bonds is 4. The Bertz CT molecular complexity index is 660. The van der Waals surface area contributed by atoms with Gasteiger partial charge in [-0.3, -0.25) is 4.79 Å². The molecule has 0 saturated carbocycles. The van der Waals surface area contributed by atoms with E-state index in [1.54, 1.807) is 24.3 Å². The van der Waals surface area contributed by atoms with Crippen molar-refractivity contribution in [1.82, 2.24) is 0 Å². The van der Waals surface area contributed by atoms with Gasteiger partial charge in [-0.25, -0.2) is 4.39 Å². The fourth-order valence-electron chi connectivity index (χ4n) is 2.07. The number of hydrogen-bond acceptors (Lipinski definition) is 2. The lowest BCUT2D eigenvalue weighted by Crippen LogP contribution is -2.32. The first-order valence-electron chi connectivity index (χ1n) is 6.65. The van der Waals surface area contributed by atoms with E-state index in [-0.39, 0.29) is 10.6 Å². The summed E-state index contributed by atoms with van der Waals surface area (Å²) < 4.78 is 13.9. The van der Waals surface area contributed by atoms with E-state index in [0.29, 0.717) is 17.9 Å². The van der Waals surface area contributed by atoms with E-state index in [1.165, 1.54) is 17.0 Å². The number of nitrogens with zero attached hydrogens (tertiary/aromatic N) is 1. The van der Waals surface area contributed by atoms with E-state index in [9.17, 15) is 9.18 Å². The zero-order valence-electron chi connectivity index (χ0n) is 11.6.